The van der Waals surface area contributed by atoms with Gasteiger partial charge in [0, 0.05) is 24.3 Å². The van der Waals surface area contributed by atoms with Crippen molar-refractivity contribution in [2.45, 2.75) is 13.8 Å². The lowest BCUT2D eigenvalue weighted by atomic mass is 10.2. The smallest absolute Gasteiger partial charge is 0.324 e. The number of rotatable bonds is 10. The molecule has 0 radical (unpaired) electrons. The average Bonchev–Trinajstić information content (AvgIpc) is 2.84. The van der Waals surface area contributed by atoms with Crippen molar-refractivity contribution in [1.29, 1.82) is 0 Å². The Hall–Kier alpha value is -3.98. The number of carbonyl (C=O) groups excluding carboxylic acids is 2. The van der Waals surface area contributed by atoms with Crippen molar-refractivity contribution >= 4 is 23.4 Å². The second-order valence-electron chi connectivity index (χ2n) is 7.09. The van der Waals surface area contributed by atoms with E-state index >= 15 is 0 Å². The predicted molar refractivity (Wildman–Crippen MR) is 128 cm³/mol. The molecule has 0 bridgehead atoms. The number of benzene rings is 2. The number of amides is 3. The maximum absolute atomic E-state index is 12.3. The fourth-order valence-electron chi connectivity index (χ4n) is 3.00. The number of ether oxygens (including phenoxy) is 1. The second-order valence-corrected chi connectivity index (χ2v) is 7.09. The van der Waals surface area contributed by atoms with Crippen LogP contribution in [0.4, 0.5) is 16.3 Å². The van der Waals surface area contributed by atoms with E-state index in [4.69, 9.17) is 4.74 Å². The number of nitrogens with zero attached hydrogens (tertiary/aromatic N) is 3. The van der Waals surface area contributed by atoms with E-state index in [1.54, 1.807) is 24.3 Å². The van der Waals surface area contributed by atoms with Crippen molar-refractivity contribution < 1.29 is 14.3 Å². The van der Waals surface area contributed by atoms with Crippen LogP contribution >= 0.6 is 0 Å². The summed E-state index contributed by atoms with van der Waals surface area (Å²) in [6.07, 6.45) is 2.83. The lowest BCUT2D eigenvalue weighted by molar-refractivity contribution is 0.0949. The molecule has 1 aromatic heterocycles. The van der Waals surface area contributed by atoms with Gasteiger partial charge in [-0.15, -0.1) is 0 Å². The van der Waals surface area contributed by atoms with Crippen LogP contribution in [0.5, 0.6) is 11.6 Å². The van der Waals surface area contributed by atoms with E-state index in [1.807, 2.05) is 30.3 Å². The van der Waals surface area contributed by atoms with E-state index in [9.17, 15) is 9.59 Å². The molecule has 3 N–H and O–H groups in total. The fourth-order valence-corrected chi connectivity index (χ4v) is 3.00. The molecule has 0 aliphatic rings. The zero-order valence-corrected chi connectivity index (χ0v) is 18.7. The molecule has 0 saturated heterocycles. The lowest BCUT2D eigenvalue weighted by Crippen LogP contribution is -2.34. The summed E-state index contributed by atoms with van der Waals surface area (Å²) in [7, 11) is 0. The number of urea groups is 1. The molecule has 0 unspecified atom stereocenters. The predicted octanol–water partition coefficient (Wildman–Crippen LogP) is 3.98. The highest BCUT2D eigenvalue weighted by atomic mass is 16.5. The van der Waals surface area contributed by atoms with Gasteiger partial charge in [0.25, 0.3) is 5.91 Å². The Morgan fingerprint density at radius 2 is 1.64 bits per heavy atom. The van der Waals surface area contributed by atoms with Gasteiger partial charge >= 0.3 is 6.03 Å². The Kier molecular flexibility index (Phi) is 8.72. The first-order valence-corrected chi connectivity index (χ1v) is 10.8. The molecular formula is C24H28N6O3. The highest BCUT2D eigenvalue weighted by molar-refractivity contribution is 6.00. The molecule has 0 aliphatic heterocycles. The molecule has 1 heterocycles. The van der Waals surface area contributed by atoms with E-state index in [0.717, 1.165) is 19.6 Å². The van der Waals surface area contributed by atoms with Gasteiger partial charge in [0.05, 0.1) is 12.4 Å². The zero-order chi connectivity index (χ0) is 23.5. The Balaban J connectivity index is 1.46. The summed E-state index contributed by atoms with van der Waals surface area (Å²) in [6, 6.07) is 15.4. The molecule has 3 amide bonds. The van der Waals surface area contributed by atoms with Crippen LogP contribution in [0.3, 0.4) is 0 Å². The normalized spacial score (nSPS) is 10.5. The maximum atomic E-state index is 12.3. The maximum Gasteiger partial charge on any atom is 0.324 e. The number of hydrogen-bond acceptors (Lipinski definition) is 6. The molecule has 0 spiro atoms. The van der Waals surface area contributed by atoms with E-state index < -0.39 is 6.03 Å². The van der Waals surface area contributed by atoms with Crippen LogP contribution in [0, 0.1) is 0 Å². The third-order valence-corrected chi connectivity index (χ3v) is 4.85. The summed E-state index contributed by atoms with van der Waals surface area (Å²) < 4.78 is 5.57. The molecule has 0 atom stereocenters. The molecule has 9 heteroatoms. The van der Waals surface area contributed by atoms with Crippen LogP contribution in [-0.4, -0.2) is 53.0 Å². The van der Waals surface area contributed by atoms with Gasteiger partial charge < -0.3 is 20.3 Å². The summed E-state index contributed by atoms with van der Waals surface area (Å²) >= 11 is 0. The molecule has 3 rings (SSSR count). The minimum absolute atomic E-state index is 0.147. The SMILES string of the molecule is CCN(CC)CCNC(=O)c1ccc(NC(=O)Nc2cnc(Oc3ccccc3)cn2)cc1. The van der Waals surface area contributed by atoms with Crippen molar-refractivity contribution in [2.24, 2.45) is 0 Å². The highest BCUT2D eigenvalue weighted by Gasteiger charge is 2.08. The van der Waals surface area contributed by atoms with Gasteiger partial charge in [0.1, 0.15) is 5.75 Å². The molecule has 0 saturated carbocycles. The topological polar surface area (TPSA) is 108 Å². The van der Waals surface area contributed by atoms with Gasteiger partial charge in [-0.3, -0.25) is 10.1 Å². The van der Waals surface area contributed by atoms with E-state index in [2.05, 4.69) is 44.7 Å². The molecule has 9 nitrogen and oxygen atoms in total. The van der Waals surface area contributed by atoms with Crippen molar-refractivity contribution in [3.05, 3.63) is 72.6 Å². The van der Waals surface area contributed by atoms with Gasteiger partial charge in [-0.05, 0) is 49.5 Å². The third-order valence-electron chi connectivity index (χ3n) is 4.85. The standard InChI is InChI=1S/C24H28N6O3/c1-3-30(4-2)15-14-25-23(31)18-10-12-19(13-11-18)28-24(32)29-21-16-27-22(17-26-21)33-20-8-6-5-7-9-20/h5-13,16-17H,3-4,14-15H2,1-2H3,(H,25,31)(H2,26,28,29,32). The first-order chi connectivity index (χ1) is 16.1. The molecular weight excluding hydrogens is 420 g/mol. The lowest BCUT2D eigenvalue weighted by Gasteiger charge is -2.18. The zero-order valence-electron chi connectivity index (χ0n) is 18.7. The van der Waals surface area contributed by atoms with Crippen LogP contribution in [0.25, 0.3) is 0 Å². The Labute approximate surface area is 193 Å². The number of carbonyl (C=O) groups is 2. The summed E-state index contributed by atoms with van der Waals surface area (Å²) in [5.41, 5.74) is 1.07. The van der Waals surface area contributed by atoms with Gasteiger partial charge in [0.2, 0.25) is 5.88 Å². The highest BCUT2D eigenvalue weighted by Crippen LogP contribution is 2.18. The molecule has 0 fully saturated rings. The van der Waals surface area contributed by atoms with Crippen LogP contribution in [-0.2, 0) is 0 Å². The van der Waals surface area contributed by atoms with Crippen LogP contribution in [0.1, 0.15) is 24.2 Å². The van der Waals surface area contributed by atoms with Gasteiger partial charge in [0.15, 0.2) is 5.82 Å². The fraction of sp³-hybridized carbons (Fsp3) is 0.250. The first-order valence-electron chi connectivity index (χ1n) is 10.8. The number of hydrogen-bond donors (Lipinski definition) is 3. The minimum Gasteiger partial charge on any atom is -0.438 e. The van der Waals surface area contributed by atoms with E-state index in [-0.39, 0.29) is 11.7 Å². The quantitative estimate of drug-likeness (QED) is 0.433. The second kappa shape index (κ2) is 12.2. The number of anilines is 2. The number of nitrogens with one attached hydrogen (secondary N) is 3. The van der Waals surface area contributed by atoms with E-state index in [1.165, 1.54) is 12.4 Å². The number of aromatic nitrogens is 2. The first kappa shape index (κ1) is 23.7. The molecule has 0 aliphatic carbocycles. The number of likely N-dealkylation sites (N-methyl/N-ethyl adjacent to an activating group) is 1. The van der Waals surface area contributed by atoms with Crippen molar-refractivity contribution in [1.82, 2.24) is 20.2 Å². The summed E-state index contributed by atoms with van der Waals surface area (Å²) in [5.74, 6) is 1.09. The molecule has 3 aromatic rings. The largest absolute Gasteiger partial charge is 0.438 e. The van der Waals surface area contributed by atoms with Crippen molar-refractivity contribution in [2.75, 3.05) is 36.8 Å². The molecule has 2 aromatic carbocycles. The summed E-state index contributed by atoms with van der Waals surface area (Å²) in [6.45, 7) is 7.47. The molecule has 33 heavy (non-hydrogen) atoms. The molecule has 172 valence electrons. The van der Waals surface area contributed by atoms with Crippen molar-refractivity contribution in [3.63, 3.8) is 0 Å². The summed E-state index contributed by atoms with van der Waals surface area (Å²) in [4.78, 5) is 35.0. The van der Waals surface area contributed by atoms with E-state index in [0.29, 0.717) is 29.4 Å². The van der Waals surface area contributed by atoms with Crippen LogP contribution in [0.15, 0.2) is 67.0 Å². The van der Waals surface area contributed by atoms with Gasteiger partial charge in [-0.2, -0.15) is 0 Å². The van der Waals surface area contributed by atoms with Crippen LogP contribution < -0.4 is 20.7 Å². The Morgan fingerprint density at radius 3 is 2.27 bits per heavy atom. The van der Waals surface area contributed by atoms with Crippen molar-refractivity contribution in [3.8, 4) is 11.6 Å². The van der Waals surface area contributed by atoms with Gasteiger partial charge in [-0.25, -0.2) is 14.8 Å². The number of para-hydroxylation sites is 1. The minimum atomic E-state index is -0.475. The summed E-state index contributed by atoms with van der Waals surface area (Å²) in [5, 5.41) is 8.21. The third kappa shape index (κ3) is 7.58. The monoisotopic (exact) mass is 448 g/mol. The Bertz CT molecular complexity index is 1020. The van der Waals surface area contributed by atoms with Crippen LogP contribution in [0.2, 0.25) is 0 Å². The Morgan fingerprint density at radius 1 is 0.909 bits per heavy atom. The van der Waals surface area contributed by atoms with Gasteiger partial charge in [-0.1, -0.05) is 32.0 Å². The average molecular weight is 449 g/mol.